The van der Waals surface area contributed by atoms with Crippen molar-refractivity contribution in [3.05, 3.63) is 28.8 Å². The first-order chi connectivity index (χ1) is 14.3. The van der Waals surface area contributed by atoms with Crippen LogP contribution in [0.4, 0.5) is 13.2 Å². The average Bonchev–Trinajstić information content (AvgIpc) is 2.66. The third-order valence-electron chi connectivity index (χ3n) is 4.51. The molecule has 2 aromatic rings. The normalized spacial score (nSPS) is 12.1. The van der Waals surface area contributed by atoms with Gasteiger partial charge in [0.1, 0.15) is 6.54 Å². The van der Waals surface area contributed by atoms with Crippen LogP contribution in [0.25, 0.3) is 10.9 Å². The summed E-state index contributed by atoms with van der Waals surface area (Å²) < 4.78 is 50.4. The number of alkyl halides is 3. The minimum Gasteiger partial charge on any atom is -0.493 e. The molecular weight excluding hydrogens is 415 g/mol. The molecule has 0 aliphatic rings. The molecule has 0 aliphatic heterocycles. The molecule has 0 spiro atoms. The molecule has 1 aromatic heterocycles. The highest BCUT2D eigenvalue weighted by molar-refractivity contribution is 5.81. The van der Waals surface area contributed by atoms with Crippen molar-refractivity contribution >= 4 is 16.8 Å². The number of benzene rings is 1. The summed E-state index contributed by atoms with van der Waals surface area (Å²) >= 11 is 0. The Morgan fingerprint density at radius 3 is 2.26 bits per heavy atom. The maximum Gasteiger partial charge on any atom is 0.406 e. The molecule has 0 atom stereocenters. The van der Waals surface area contributed by atoms with Gasteiger partial charge in [0.15, 0.2) is 11.5 Å². The Balaban J connectivity index is 2.13. The first-order valence-electron chi connectivity index (χ1n) is 9.80. The summed E-state index contributed by atoms with van der Waals surface area (Å²) in [5.41, 5.74) is -0.378. The molecule has 10 heteroatoms. The van der Waals surface area contributed by atoms with Crippen molar-refractivity contribution in [2.45, 2.75) is 46.3 Å². The molecule has 31 heavy (non-hydrogen) atoms. The quantitative estimate of drug-likeness (QED) is 0.623. The van der Waals surface area contributed by atoms with Crippen LogP contribution in [0.3, 0.4) is 0 Å². The van der Waals surface area contributed by atoms with Crippen LogP contribution in [0.5, 0.6) is 11.5 Å². The first-order valence-corrected chi connectivity index (χ1v) is 9.80. The number of rotatable bonds is 8. The number of hydrogen-bond acceptors (Lipinski definition) is 5. The van der Waals surface area contributed by atoms with Gasteiger partial charge in [-0.05, 0) is 17.9 Å². The number of aryl methyl sites for hydroxylation is 1. The Bertz CT molecular complexity index is 965. The minimum absolute atomic E-state index is 0.00947. The SMILES string of the molecule is COc1cc2ncn(CCCC(=O)N(CC(C)(C)C)CC(F)(F)F)c(=O)c2cc1OC. The zero-order chi connectivity index (χ0) is 23.4. The van der Waals surface area contributed by atoms with E-state index in [1.54, 1.807) is 26.8 Å². The topological polar surface area (TPSA) is 73.7 Å². The number of methoxy groups -OCH3 is 2. The number of aromatic nitrogens is 2. The number of halogens is 3. The standard InChI is InChI=1S/C21H28F3N3O4/c1-20(2,3)11-27(12-21(22,23)24)18(28)7-6-8-26-13-25-15-10-17(31-5)16(30-4)9-14(15)19(26)29/h9-10,13H,6-8,11-12H2,1-5H3. The fraction of sp³-hybridized carbons (Fsp3) is 0.571. The van der Waals surface area contributed by atoms with Crippen molar-refractivity contribution in [1.29, 1.82) is 0 Å². The zero-order valence-electron chi connectivity index (χ0n) is 18.4. The van der Waals surface area contributed by atoms with E-state index in [1.165, 1.54) is 31.2 Å². The summed E-state index contributed by atoms with van der Waals surface area (Å²) in [6, 6.07) is 3.12. The molecule has 0 aliphatic carbocycles. The van der Waals surface area contributed by atoms with Gasteiger partial charge in [0, 0.05) is 25.6 Å². The first kappa shape index (κ1) is 24.5. The van der Waals surface area contributed by atoms with Crippen LogP contribution in [0.2, 0.25) is 0 Å². The van der Waals surface area contributed by atoms with Crippen LogP contribution in [-0.2, 0) is 11.3 Å². The van der Waals surface area contributed by atoms with Crippen LogP contribution in [0.1, 0.15) is 33.6 Å². The van der Waals surface area contributed by atoms with E-state index in [4.69, 9.17) is 9.47 Å². The van der Waals surface area contributed by atoms with Gasteiger partial charge >= 0.3 is 6.18 Å². The number of carbonyl (C=O) groups excluding carboxylic acids is 1. The highest BCUT2D eigenvalue weighted by Gasteiger charge is 2.34. The predicted molar refractivity (Wildman–Crippen MR) is 110 cm³/mol. The van der Waals surface area contributed by atoms with Crippen LogP contribution in [0, 0.1) is 5.41 Å². The van der Waals surface area contributed by atoms with Gasteiger partial charge in [-0.1, -0.05) is 20.8 Å². The second kappa shape index (κ2) is 9.57. The number of nitrogens with zero attached hydrogens (tertiary/aromatic N) is 3. The molecule has 1 heterocycles. The molecule has 0 bridgehead atoms. The lowest BCUT2D eigenvalue weighted by Gasteiger charge is -2.30. The molecule has 0 unspecified atom stereocenters. The molecule has 0 saturated carbocycles. The van der Waals surface area contributed by atoms with Gasteiger partial charge < -0.3 is 14.4 Å². The lowest BCUT2D eigenvalue weighted by molar-refractivity contribution is -0.163. The van der Waals surface area contributed by atoms with Crippen molar-refractivity contribution in [1.82, 2.24) is 14.5 Å². The highest BCUT2D eigenvalue weighted by Crippen LogP contribution is 2.29. The summed E-state index contributed by atoms with van der Waals surface area (Å²) in [6.07, 6.45) is -3.02. The third-order valence-corrected chi connectivity index (χ3v) is 4.51. The fourth-order valence-corrected chi connectivity index (χ4v) is 3.22. The van der Waals surface area contributed by atoms with Crippen LogP contribution < -0.4 is 15.0 Å². The van der Waals surface area contributed by atoms with Gasteiger partial charge in [-0.25, -0.2) is 4.98 Å². The van der Waals surface area contributed by atoms with Gasteiger partial charge in [-0.15, -0.1) is 0 Å². The summed E-state index contributed by atoms with van der Waals surface area (Å²) in [5, 5.41) is 0.318. The minimum atomic E-state index is -4.47. The van der Waals surface area contributed by atoms with E-state index >= 15 is 0 Å². The van der Waals surface area contributed by atoms with Gasteiger partial charge in [-0.3, -0.25) is 14.2 Å². The van der Waals surface area contributed by atoms with Crippen molar-refractivity contribution in [2.75, 3.05) is 27.3 Å². The number of fused-ring (bicyclic) bond motifs is 1. The van der Waals surface area contributed by atoms with E-state index < -0.39 is 24.0 Å². The molecule has 1 aromatic carbocycles. The zero-order valence-corrected chi connectivity index (χ0v) is 18.4. The monoisotopic (exact) mass is 443 g/mol. The van der Waals surface area contributed by atoms with E-state index in [9.17, 15) is 22.8 Å². The lowest BCUT2D eigenvalue weighted by Crippen LogP contribution is -2.43. The largest absolute Gasteiger partial charge is 0.493 e. The Hall–Kier alpha value is -2.78. The van der Waals surface area contributed by atoms with Crippen molar-refractivity contribution in [3.8, 4) is 11.5 Å². The van der Waals surface area contributed by atoms with E-state index in [1.807, 2.05) is 0 Å². The molecule has 7 nitrogen and oxygen atoms in total. The molecule has 0 N–H and O–H groups in total. The third kappa shape index (κ3) is 6.86. The van der Waals surface area contributed by atoms with Gasteiger partial charge in [-0.2, -0.15) is 13.2 Å². The van der Waals surface area contributed by atoms with Gasteiger partial charge in [0.05, 0.1) is 31.4 Å². The molecular formula is C21H28F3N3O4. The average molecular weight is 443 g/mol. The molecule has 0 saturated heterocycles. The number of ether oxygens (including phenoxy) is 2. The van der Waals surface area contributed by atoms with E-state index in [-0.39, 0.29) is 31.5 Å². The summed E-state index contributed by atoms with van der Waals surface area (Å²) in [7, 11) is 2.93. The van der Waals surface area contributed by atoms with Crippen LogP contribution >= 0.6 is 0 Å². The predicted octanol–water partition coefficient (Wildman–Crippen LogP) is 3.63. The second-order valence-electron chi connectivity index (χ2n) is 8.50. The number of carbonyl (C=O) groups is 1. The Labute approximate surface area is 178 Å². The van der Waals surface area contributed by atoms with E-state index in [0.29, 0.717) is 22.4 Å². The Kier molecular flexibility index (Phi) is 7.56. The smallest absolute Gasteiger partial charge is 0.406 e. The van der Waals surface area contributed by atoms with Crippen molar-refractivity contribution in [2.24, 2.45) is 5.41 Å². The van der Waals surface area contributed by atoms with Crippen molar-refractivity contribution < 1.29 is 27.4 Å². The van der Waals surface area contributed by atoms with Crippen LogP contribution in [-0.4, -0.2) is 53.8 Å². The number of hydrogen-bond donors (Lipinski definition) is 0. The number of amides is 1. The molecule has 0 radical (unpaired) electrons. The van der Waals surface area contributed by atoms with Gasteiger partial charge in [0.2, 0.25) is 5.91 Å². The molecule has 0 fully saturated rings. The summed E-state index contributed by atoms with van der Waals surface area (Å²) in [4.78, 5) is 30.3. The van der Waals surface area contributed by atoms with Crippen molar-refractivity contribution in [3.63, 3.8) is 0 Å². The Morgan fingerprint density at radius 1 is 1.10 bits per heavy atom. The molecule has 172 valence electrons. The maximum absolute atomic E-state index is 12.9. The van der Waals surface area contributed by atoms with Gasteiger partial charge in [0.25, 0.3) is 5.56 Å². The molecule has 1 amide bonds. The maximum atomic E-state index is 12.9. The summed E-state index contributed by atoms with van der Waals surface area (Å²) in [6.45, 7) is 4.16. The highest BCUT2D eigenvalue weighted by atomic mass is 19.4. The molecule has 2 rings (SSSR count). The second-order valence-corrected chi connectivity index (χ2v) is 8.50. The fourth-order valence-electron chi connectivity index (χ4n) is 3.22. The Morgan fingerprint density at radius 2 is 1.71 bits per heavy atom. The van der Waals surface area contributed by atoms with Crippen LogP contribution in [0.15, 0.2) is 23.3 Å². The van der Waals surface area contributed by atoms with E-state index in [0.717, 1.165) is 4.90 Å². The lowest BCUT2D eigenvalue weighted by atomic mass is 9.96. The van der Waals surface area contributed by atoms with E-state index in [2.05, 4.69) is 4.98 Å². The summed E-state index contributed by atoms with van der Waals surface area (Å²) in [5.74, 6) is 0.223.